The summed E-state index contributed by atoms with van der Waals surface area (Å²) in [6.07, 6.45) is 4.43. The Kier molecular flexibility index (Phi) is 4.77. The van der Waals surface area contributed by atoms with Gasteiger partial charge in [-0.05, 0) is 49.2 Å². The molecule has 0 fully saturated rings. The molecule has 0 aliphatic carbocycles. The van der Waals surface area contributed by atoms with Crippen molar-refractivity contribution in [2.75, 3.05) is 6.54 Å². The molecule has 3 nitrogen and oxygen atoms in total. The van der Waals surface area contributed by atoms with E-state index in [-0.39, 0.29) is 0 Å². The molecule has 0 atom stereocenters. The molecule has 0 amide bonds. The number of aryl methyl sites for hydroxylation is 1. The summed E-state index contributed by atoms with van der Waals surface area (Å²) >= 11 is 6.18. The number of hydrogen-bond acceptors (Lipinski definition) is 3. The molecule has 0 unspecified atom stereocenters. The smallest absolute Gasteiger partial charge is 0.138 e. The summed E-state index contributed by atoms with van der Waals surface area (Å²) < 4.78 is 5.71. The lowest BCUT2D eigenvalue weighted by molar-refractivity contribution is 0.306. The van der Waals surface area contributed by atoms with Gasteiger partial charge in [0.2, 0.25) is 0 Å². The fourth-order valence-corrected chi connectivity index (χ4v) is 2.10. The minimum Gasteiger partial charge on any atom is -0.487 e. The molecule has 0 saturated heterocycles. The Balaban J connectivity index is 2.03. The second-order valence-electron chi connectivity index (χ2n) is 4.46. The maximum Gasteiger partial charge on any atom is 0.138 e. The summed E-state index contributed by atoms with van der Waals surface area (Å²) in [5.41, 5.74) is 8.78. The van der Waals surface area contributed by atoms with Crippen LogP contribution < -0.4 is 10.5 Å². The van der Waals surface area contributed by atoms with Crippen LogP contribution in [-0.4, -0.2) is 11.5 Å². The number of halogens is 1. The molecular formula is C15H17ClN2O. The number of aromatic nitrogens is 1. The van der Waals surface area contributed by atoms with E-state index in [4.69, 9.17) is 22.1 Å². The maximum absolute atomic E-state index is 6.18. The van der Waals surface area contributed by atoms with Gasteiger partial charge in [-0.15, -0.1) is 0 Å². The van der Waals surface area contributed by atoms with Crippen LogP contribution in [0.4, 0.5) is 0 Å². The lowest BCUT2D eigenvalue weighted by atomic mass is 10.1. The van der Waals surface area contributed by atoms with Gasteiger partial charge in [-0.1, -0.05) is 17.7 Å². The molecule has 2 aromatic rings. The first-order valence-electron chi connectivity index (χ1n) is 6.21. The van der Waals surface area contributed by atoms with E-state index in [1.807, 2.05) is 37.4 Å². The Bertz CT molecular complexity index is 558. The zero-order valence-electron chi connectivity index (χ0n) is 10.9. The number of rotatable bonds is 5. The van der Waals surface area contributed by atoms with Crippen LogP contribution in [0, 0.1) is 6.92 Å². The number of ether oxygens (including phenoxy) is 1. The number of hydrogen-bond donors (Lipinski definition) is 1. The van der Waals surface area contributed by atoms with Crippen LogP contribution in [0.5, 0.6) is 5.75 Å². The Morgan fingerprint density at radius 2 is 2.05 bits per heavy atom. The van der Waals surface area contributed by atoms with Gasteiger partial charge in [-0.2, -0.15) is 0 Å². The summed E-state index contributed by atoms with van der Waals surface area (Å²) in [6.45, 7) is 3.08. The molecule has 0 bridgehead atoms. The molecule has 100 valence electrons. The molecule has 1 aromatic heterocycles. The van der Waals surface area contributed by atoms with Crippen molar-refractivity contribution in [3.63, 3.8) is 0 Å². The largest absolute Gasteiger partial charge is 0.487 e. The van der Waals surface area contributed by atoms with Crippen molar-refractivity contribution < 1.29 is 4.74 Å². The van der Waals surface area contributed by atoms with Gasteiger partial charge in [0.15, 0.2) is 0 Å². The zero-order chi connectivity index (χ0) is 13.7. The highest BCUT2D eigenvalue weighted by molar-refractivity contribution is 6.32. The molecule has 0 spiro atoms. The van der Waals surface area contributed by atoms with Crippen LogP contribution in [0.2, 0.25) is 5.02 Å². The first kappa shape index (κ1) is 13.8. The van der Waals surface area contributed by atoms with Crippen molar-refractivity contribution in [1.29, 1.82) is 0 Å². The standard InChI is InChI=1S/C15H17ClN2O/c1-11-6-13(9-18-8-11)10-19-15-3-2-12(4-5-17)7-14(15)16/h2-3,6-9H,4-5,10,17H2,1H3. The fraction of sp³-hybridized carbons (Fsp3) is 0.267. The molecule has 2 rings (SSSR count). The van der Waals surface area contributed by atoms with E-state index in [1.54, 1.807) is 6.20 Å². The monoisotopic (exact) mass is 276 g/mol. The first-order valence-corrected chi connectivity index (χ1v) is 6.58. The Labute approximate surface area is 118 Å². The van der Waals surface area contributed by atoms with E-state index in [2.05, 4.69) is 4.98 Å². The molecule has 19 heavy (non-hydrogen) atoms. The second kappa shape index (κ2) is 6.55. The maximum atomic E-state index is 6.18. The van der Waals surface area contributed by atoms with Gasteiger partial charge in [0.25, 0.3) is 0 Å². The van der Waals surface area contributed by atoms with Crippen molar-refractivity contribution in [2.24, 2.45) is 5.73 Å². The third-order valence-electron chi connectivity index (χ3n) is 2.76. The molecular weight excluding hydrogens is 260 g/mol. The summed E-state index contributed by atoms with van der Waals surface area (Å²) in [5, 5.41) is 0.617. The third kappa shape index (κ3) is 3.94. The third-order valence-corrected chi connectivity index (χ3v) is 3.05. The van der Waals surface area contributed by atoms with E-state index in [0.29, 0.717) is 23.9 Å². The van der Waals surface area contributed by atoms with Crippen molar-refractivity contribution in [3.05, 3.63) is 58.4 Å². The minimum absolute atomic E-state index is 0.463. The van der Waals surface area contributed by atoms with Crippen LogP contribution in [0.3, 0.4) is 0 Å². The predicted octanol–water partition coefficient (Wildman–Crippen LogP) is 3.12. The van der Waals surface area contributed by atoms with Crippen molar-refractivity contribution in [2.45, 2.75) is 20.0 Å². The van der Waals surface area contributed by atoms with Crippen molar-refractivity contribution >= 4 is 11.6 Å². The average Bonchev–Trinajstić information content (AvgIpc) is 2.38. The number of benzene rings is 1. The van der Waals surface area contributed by atoms with E-state index < -0.39 is 0 Å². The minimum atomic E-state index is 0.463. The van der Waals surface area contributed by atoms with Crippen LogP contribution in [-0.2, 0) is 13.0 Å². The lowest BCUT2D eigenvalue weighted by Crippen LogP contribution is -2.03. The van der Waals surface area contributed by atoms with Gasteiger partial charge >= 0.3 is 0 Å². The van der Waals surface area contributed by atoms with Gasteiger partial charge in [0, 0.05) is 18.0 Å². The van der Waals surface area contributed by atoms with Crippen LogP contribution in [0.15, 0.2) is 36.7 Å². The quantitative estimate of drug-likeness (QED) is 0.913. The van der Waals surface area contributed by atoms with Gasteiger partial charge in [-0.3, -0.25) is 4.98 Å². The van der Waals surface area contributed by atoms with E-state index in [1.165, 1.54) is 0 Å². The Morgan fingerprint density at radius 3 is 2.74 bits per heavy atom. The fourth-order valence-electron chi connectivity index (χ4n) is 1.84. The Hall–Kier alpha value is -1.58. The number of pyridine rings is 1. The highest BCUT2D eigenvalue weighted by Crippen LogP contribution is 2.26. The van der Waals surface area contributed by atoms with Gasteiger partial charge in [0.05, 0.1) is 5.02 Å². The summed E-state index contributed by atoms with van der Waals surface area (Å²) in [4.78, 5) is 4.13. The van der Waals surface area contributed by atoms with E-state index in [0.717, 1.165) is 23.1 Å². The van der Waals surface area contributed by atoms with Crippen LogP contribution >= 0.6 is 11.6 Å². The zero-order valence-corrected chi connectivity index (χ0v) is 11.7. The summed E-state index contributed by atoms with van der Waals surface area (Å²) in [7, 11) is 0. The molecule has 1 aromatic carbocycles. The molecule has 2 N–H and O–H groups in total. The highest BCUT2D eigenvalue weighted by Gasteiger charge is 2.04. The predicted molar refractivity (Wildman–Crippen MR) is 77.5 cm³/mol. The van der Waals surface area contributed by atoms with Crippen LogP contribution in [0.1, 0.15) is 16.7 Å². The second-order valence-corrected chi connectivity index (χ2v) is 4.87. The molecule has 4 heteroatoms. The Morgan fingerprint density at radius 1 is 1.21 bits per heavy atom. The average molecular weight is 277 g/mol. The van der Waals surface area contributed by atoms with Gasteiger partial charge < -0.3 is 10.5 Å². The van der Waals surface area contributed by atoms with Gasteiger partial charge in [0.1, 0.15) is 12.4 Å². The lowest BCUT2D eigenvalue weighted by Gasteiger charge is -2.09. The molecule has 0 aliphatic heterocycles. The number of nitrogens with two attached hydrogens (primary N) is 1. The van der Waals surface area contributed by atoms with Gasteiger partial charge in [-0.25, -0.2) is 0 Å². The normalized spacial score (nSPS) is 10.5. The first-order chi connectivity index (χ1) is 9.19. The summed E-state index contributed by atoms with van der Waals surface area (Å²) in [5.74, 6) is 0.684. The van der Waals surface area contributed by atoms with Crippen LogP contribution in [0.25, 0.3) is 0 Å². The SMILES string of the molecule is Cc1cncc(COc2ccc(CCN)cc2Cl)c1. The van der Waals surface area contributed by atoms with E-state index in [9.17, 15) is 0 Å². The number of nitrogens with zero attached hydrogens (tertiary/aromatic N) is 1. The summed E-state index contributed by atoms with van der Waals surface area (Å²) in [6, 6.07) is 7.82. The molecule has 1 heterocycles. The topological polar surface area (TPSA) is 48.1 Å². The molecule has 0 saturated carbocycles. The van der Waals surface area contributed by atoms with Crippen molar-refractivity contribution in [3.8, 4) is 5.75 Å². The van der Waals surface area contributed by atoms with Crippen molar-refractivity contribution in [1.82, 2.24) is 4.98 Å². The molecule has 0 radical (unpaired) electrons. The highest BCUT2D eigenvalue weighted by atomic mass is 35.5. The van der Waals surface area contributed by atoms with E-state index >= 15 is 0 Å². The molecule has 0 aliphatic rings.